The lowest BCUT2D eigenvalue weighted by Crippen LogP contribution is -2.61. The van der Waals surface area contributed by atoms with Crippen molar-refractivity contribution < 1.29 is 23.7 Å². The standard InChI is InChI=1S/C15H19BrO5/c1-17-12-11-10(20-14(16)13(12)18-2)8-19-15(21-11)9-6-4-3-5-7-9/h3-7,10-15H,8H2,1-2H3/t10-,11-,12+,13+,14+,15?/m1/s1. The van der Waals surface area contributed by atoms with E-state index >= 15 is 0 Å². The normalized spacial score (nSPS) is 39.8. The van der Waals surface area contributed by atoms with E-state index in [1.165, 1.54) is 0 Å². The minimum Gasteiger partial charge on any atom is -0.376 e. The minimum absolute atomic E-state index is 0.175. The molecule has 6 heteroatoms. The first-order valence-corrected chi connectivity index (χ1v) is 7.83. The van der Waals surface area contributed by atoms with Crippen LogP contribution in [-0.4, -0.2) is 50.3 Å². The summed E-state index contributed by atoms with van der Waals surface area (Å²) >= 11 is 3.48. The first-order valence-electron chi connectivity index (χ1n) is 6.91. The molecule has 0 saturated carbocycles. The van der Waals surface area contributed by atoms with Crippen molar-refractivity contribution in [1.82, 2.24) is 0 Å². The predicted octanol–water partition coefficient (Wildman–Crippen LogP) is 2.25. The van der Waals surface area contributed by atoms with Crippen LogP contribution in [0.1, 0.15) is 11.9 Å². The Balaban J connectivity index is 1.78. The van der Waals surface area contributed by atoms with Gasteiger partial charge in [-0.15, -0.1) is 0 Å². The van der Waals surface area contributed by atoms with E-state index in [9.17, 15) is 0 Å². The van der Waals surface area contributed by atoms with Gasteiger partial charge >= 0.3 is 0 Å². The number of rotatable bonds is 3. The molecule has 116 valence electrons. The molecule has 0 bridgehead atoms. The Morgan fingerprint density at radius 3 is 2.43 bits per heavy atom. The number of hydrogen-bond donors (Lipinski definition) is 0. The third-order valence-electron chi connectivity index (χ3n) is 3.89. The molecule has 1 unspecified atom stereocenters. The minimum atomic E-state index is -0.405. The molecule has 2 fully saturated rings. The number of fused-ring (bicyclic) bond motifs is 1. The largest absolute Gasteiger partial charge is 0.376 e. The summed E-state index contributed by atoms with van der Waals surface area (Å²) in [4.78, 5) is 0. The van der Waals surface area contributed by atoms with Gasteiger partial charge in [0.2, 0.25) is 0 Å². The molecule has 21 heavy (non-hydrogen) atoms. The highest BCUT2D eigenvalue weighted by Crippen LogP contribution is 2.37. The molecular weight excluding hydrogens is 340 g/mol. The topological polar surface area (TPSA) is 46.2 Å². The Kier molecular flexibility index (Phi) is 4.93. The van der Waals surface area contributed by atoms with Crippen LogP contribution in [0.15, 0.2) is 30.3 Å². The van der Waals surface area contributed by atoms with Crippen molar-refractivity contribution >= 4 is 15.9 Å². The number of methoxy groups -OCH3 is 2. The van der Waals surface area contributed by atoms with Crippen molar-refractivity contribution in [3.8, 4) is 0 Å². The van der Waals surface area contributed by atoms with Crippen LogP contribution in [0.4, 0.5) is 0 Å². The molecule has 2 saturated heterocycles. The summed E-state index contributed by atoms with van der Waals surface area (Å²) in [7, 11) is 3.30. The summed E-state index contributed by atoms with van der Waals surface area (Å²) in [6.07, 6.45) is -1.25. The fourth-order valence-electron chi connectivity index (χ4n) is 2.83. The third-order valence-corrected chi connectivity index (χ3v) is 4.62. The second-order valence-corrected chi connectivity index (χ2v) is 6.01. The van der Waals surface area contributed by atoms with Gasteiger partial charge in [-0.2, -0.15) is 0 Å². The van der Waals surface area contributed by atoms with Crippen LogP contribution >= 0.6 is 15.9 Å². The molecule has 2 heterocycles. The van der Waals surface area contributed by atoms with Crippen LogP contribution in [0.3, 0.4) is 0 Å². The summed E-state index contributed by atoms with van der Waals surface area (Å²) < 4.78 is 28.8. The number of ether oxygens (including phenoxy) is 5. The quantitative estimate of drug-likeness (QED) is 0.775. The molecule has 2 aliphatic heterocycles. The molecule has 0 N–H and O–H groups in total. The molecule has 0 aromatic heterocycles. The number of hydrogen-bond acceptors (Lipinski definition) is 5. The van der Waals surface area contributed by atoms with E-state index in [2.05, 4.69) is 15.9 Å². The third kappa shape index (κ3) is 3.02. The zero-order chi connectivity index (χ0) is 14.8. The van der Waals surface area contributed by atoms with Crippen molar-refractivity contribution in [2.24, 2.45) is 0 Å². The second-order valence-electron chi connectivity index (χ2n) is 5.10. The van der Waals surface area contributed by atoms with Gasteiger partial charge in [0.05, 0.1) is 6.61 Å². The van der Waals surface area contributed by atoms with E-state index in [0.717, 1.165) is 5.56 Å². The van der Waals surface area contributed by atoms with Crippen LogP contribution in [0, 0.1) is 0 Å². The van der Waals surface area contributed by atoms with Gasteiger partial charge in [-0.3, -0.25) is 0 Å². The summed E-state index contributed by atoms with van der Waals surface area (Å²) in [5.41, 5.74) is 0.987. The highest BCUT2D eigenvalue weighted by atomic mass is 79.9. The number of benzene rings is 1. The molecule has 3 rings (SSSR count). The Hall–Kier alpha value is -0.500. The smallest absolute Gasteiger partial charge is 0.184 e. The molecule has 0 radical (unpaired) electrons. The maximum absolute atomic E-state index is 6.09. The van der Waals surface area contributed by atoms with Crippen LogP contribution in [0.25, 0.3) is 0 Å². The maximum Gasteiger partial charge on any atom is 0.184 e. The van der Waals surface area contributed by atoms with Crippen LogP contribution in [0.2, 0.25) is 0 Å². The molecule has 6 atom stereocenters. The Labute approximate surface area is 132 Å². The maximum atomic E-state index is 6.09. The molecule has 2 aliphatic rings. The van der Waals surface area contributed by atoms with E-state index in [1.54, 1.807) is 14.2 Å². The fraction of sp³-hybridized carbons (Fsp3) is 0.600. The van der Waals surface area contributed by atoms with Crippen molar-refractivity contribution in [2.75, 3.05) is 20.8 Å². The molecule has 1 aromatic carbocycles. The van der Waals surface area contributed by atoms with Crippen LogP contribution in [0.5, 0.6) is 0 Å². The Bertz CT molecular complexity index is 457. The first-order chi connectivity index (χ1) is 10.2. The average molecular weight is 359 g/mol. The zero-order valence-electron chi connectivity index (χ0n) is 12.0. The van der Waals surface area contributed by atoms with Crippen molar-refractivity contribution in [2.45, 2.75) is 35.7 Å². The van der Waals surface area contributed by atoms with E-state index < -0.39 is 6.29 Å². The highest BCUT2D eigenvalue weighted by Gasteiger charge is 2.49. The second kappa shape index (κ2) is 6.73. The van der Waals surface area contributed by atoms with Crippen LogP contribution < -0.4 is 0 Å². The molecule has 0 aliphatic carbocycles. The SMILES string of the molecule is CO[C@@H]1[C@H](OC)[C@@H](Br)O[C@@H]2COC(c3ccccc3)O[C@@H]12. The summed E-state index contributed by atoms with van der Waals surface area (Å²) in [5.74, 6) is 0. The van der Waals surface area contributed by atoms with Gasteiger partial charge in [0, 0.05) is 19.8 Å². The predicted molar refractivity (Wildman–Crippen MR) is 79.2 cm³/mol. The van der Waals surface area contributed by atoms with Gasteiger partial charge in [0.25, 0.3) is 0 Å². The van der Waals surface area contributed by atoms with Gasteiger partial charge in [0.15, 0.2) is 6.29 Å². The van der Waals surface area contributed by atoms with Gasteiger partial charge in [-0.05, 0) is 0 Å². The Morgan fingerprint density at radius 2 is 1.76 bits per heavy atom. The molecule has 0 spiro atoms. The van der Waals surface area contributed by atoms with Crippen molar-refractivity contribution in [1.29, 1.82) is 0 Å². The summed E-state index contributed by atoms with van der Waals surface area (Å²) in [5, 5.41) is -0.242. The van der Waals surface area contributed by atoms with Crippen LogP contribution in [-0.2, 0) is 23.7 Å². The lowest BCUT2D eigenvalue weighted by molar-refractivity contribution is -0.322. The van der Waals surface area contributed by atoms with Gasteiger partial charge < -0.3 is 23.7 Å². The zero-order valence-corrected chi connectivity index (χ0v) is 13.6. The van der Waals surface area contributed by atoms with Crippen molar-refractivity contribution in [3.05, 3.63) is 35.9 Å². The van der Waals surface area contributed by atoms with Crippen molar-refractivity contribution in [3.63, 3.8) is 0 Å². The highest BCUT2D eigenvalue weighted by molar-refractivity contribution is 9.09. The van der Waals surface area contributed by atoms with E-state index in [1.807, 2.05) is 30.3 Å². The van der Waals surface area contributed by atoms with E-state index in [-0.39, 0.29) is 29.4 Å². The van der Waals surface area contributed by atoms with Gasteiger partial charge in [-0.25, -0.2) is 0 Å². The van der Waals surface area contributed by atoms with E-state index in [0.29, 0.717) is 6.61 Å². The molecule has 1 aromatic rings. The molecular formula is C15H19BrO5. The van der Waals surface area contributed by atoms with Gasteiger partial charge in [0.1, 0.15) is 29.4 Å². The lowest BCUT2D eigenvalue weighted by atomic mass is 9.98. The number of halogens is 1. The monoisotopic (exact) mass is 358 g/mol. The van der Waals surface area contributed by atoms with E-state index in [4.69, 9.17) is 23.7 Å². The van der Waals surface area contributed by atoms with Gasteiger partial charge in [-0.1, -0.05) is 46.3 Å². The lowest BCUT2D eigenvalue weighted by Gasteiger charge is -2.47. The molecule has 0 amide bonds. The molecule has 5 nitrogen and oxygen atoms in total. The fourth-order valence-corrected chi connectivity index (χ4v) is 3.62. The Morgan fingerprint density at radius 1 is 1.05 bits per heavy atom. The summed E-state index contributed by atoms with van der Waals surface area (Å²) in [6.45, 7) is 0.461. The number of alkyl halides is 1. The average Bonchev–Trinajstić information content (AvgIpc) is 2.54. The first kappa shape index (κ1) is 15.4. The summed E-state index contributed by atoms with van der Waals surface area (Å²) in [6, 6.07) is 9.86.